The van der Waals surface area contributed by atoms with Gasteiger partial charge in [-0.05, 0) is 17.7 Å². The summed E-state index contributed by atoms with van der Waals surface area (Å²) in [7, 11) is 1.35. The number of halogens is 3. The van der Waals surface area contributed by atoms with Crippen molar-refractivity contribution in [2.45, 2.75) is 12.2 Å². The summed E-state index contributed by atoms with van der Waals surface area (Å²) in [4.78, 5) is 0. The van der Waals surface area contributed by atoms with Crippen LogP contribution in [-0.2, 0) is 0 Å². The molecule has 1 heterocycles. The van der Waals surface area contributed by atoms with Crippen LogP contribution in [0.5, 0.6) is 0 Å². The second kappa shape index (κ2) is 4.89. The molecule has 1 aromatic carbocycles. The number of nitriles is 1. The molecule has 0 aliphatic carbocycles. The Morgan fingerprint density at radius 1 is 1.30 bits per heavy atom. The lowest BCUT2D eigenvalue weighted by Crippen LogP contribution is -2.32. The third-order valence-electron chi connectivity index (χ3n) is 2.85. The summed E-state index contributed by atoms with van der Waals surface area (Å²) in [5.74, 6) is -0.445. The first-order valence-electron chi connectivity index (χ1n) is 5.62. The maximum atomic E-state index is 12.6. The maximum Gasteiger partial charge on any atom is 0.435 e. The Kier molecular flexibility index (Phi) is 3.40. The number of alkyl halides is 3. The molecule has 7 heteroatoms. The van der Waals surface area contributed by atoms with Crippen LogP contribution in [0.25, 0.3) is 0 Å². The summed E-state index contributed by atoms with van der Waals surface area (Å²) in [6.07, 6.45) is -4.00. The quantitative estimate of drug-likeness (QED) is 0.861. The number of hydrogen-bond acceptors (Lipinski definition) is 4. The minimum atomic E-state index is -4.61. The molecule has 0 aromatic heterocycles. The zero-order valence-corrected chi connectivity index (χ0v) is 10.4. The lowest BCUT2D eigenvalue weighted by Gasteiger charge is -2.29. The molecule has 1 N–H and O–H groups in total. The molecule has 1 atom stereocenters. The van der Waals surface area contributed by atoms with E-state index in [-0.39, 0.29) is 0 Å². The topological polar surface area (TPSA) is 59.6 Å². The first-order valence-corrected chi connectivity index (χ1v) is 5.62. The Hall–Kier alpha value is -2.49. The molecule has 0 amide bonds. The van der Waals surface area contributed by atoms with Crippen molar-refractivity contribution in [3.8, 4) is 6.07 Å². The van der Waals surface area contributed by atoms with E-state index in [0.29, 0.717) is 17.2 Å². The fourth-order valence-corrected chi connectivity index (χ4v) is 1.93. The van der Waals surface area contributed by atoms with Crippen LogP contribution in [0.1, 0.15) is 17.2 Å². The molecule has 20 heavy (non-hydrogen) atoms. The molecule has 0 saturated heterocycles. The molecule has 0 spiro atoms. The van der Waals surface area contributed by atoms with Crippen molar-refractivity contribution in [1.82, 2.24) is 5.01 Å². The first-order chi connectivity index (χ1) is 9.32. The van der Waals surface area contributed by atoms with Crippen LogP contribution in [0.15, 0.2) is 41.2 Å². The molecule has 104 valence electrons. The van der Waals surface area contributed by atoms with Crippen LogP contribution < -0.4 is 0 Å². The predicted octanol–water partition coefficient (Wildman–Crippen LogP) is 2.90. The van der Waals surface area contributed by atoms with E-state index in [0.717, 1.165) is 5.01 Å². The molecule has 2 rings (SSSR count). The van der Waals surface area contributed by atoms with Crippen LogP contribution >= 0.6 is 0 Å². The lowest BCUT2D eigenvalue weighted by atomic mass is 10.0. The monoisotopic (exact) mass is 281 g/mol. The van der Waals surface area contributed by atoms with E-state index in [4.69, 9.17) is 5.26 Å². The number of rotatable bonds is 1. The first kappa shape index (κ1) is 13.9. The van der Waals surface area contributed by atoms with Gasteiger partial charge in [0.1, 0.15) is 11.8 Å². The van der Waals surface area contributed by atoms with Crippen LogP contribution in [0.3, 0.4) is 0 Å². The van der Waals surface area contributed by atoms with Crippen molar-refractivity contribution in [3.05, 3.63) is 47.2 Å². The average Bonchev–Trinajstić information content (AvgIpc) is 2.37. The van der Waals surface area contributed by atoms with Crippen LogP contribution in [0.2, 0.25) is 0 Å². The highest BCUT2D eigenvalue weighted by Crippen LogP contribution is 2.32. The second-order valence-corrected chi connectivity index (χ2v) is 4.26. The highest BCUT2D eigenvalue weighted by atomic mass is 19.4. The number of aliphatic hydroxyl groups is 1. The number of allylic oxidation sites excluding steroid dienone is 1. The largest absolute Gasteiger partial charge is 0.510 e. The Labute approximate surface area is 113 Å². The number of hydrazone groups is 1. The van der Waals surface area contributed by atoms with E-state index >= 15 is 0 Å². The van der Waals surface area contributed by atoms with Crippen LogP contribution in [-0.4, -0.2) is 29.1 Å². The third kappa shape index (κ3) is 2.59. The molecular weight excluding hydrogens is 271 g/mol. The van der Waals surface area contributed by atoms with Gasteiger partial charge in [-0.2, -0.15) is 23.5 Å². The SMILES string of the molecule is CN1N=C(C(F)(F)F)C=C(O)C1c1ccc(C#N)cc1. The van der Waals surface area contributed by atoms with Gasteiger partial charge in [-0.1, -0.05) is 12.1 Å². The summed E-state index contributed by atoms with van der Waals surface area (Å²) < 4.78 is 37.7. The molecule has 4 nitrogen and oxygen atoms in total. The minimum Gasteiger partial charge on any atom is -0.510 e. The van der Waals surface area contributed by atoms with Gasteiger partial charge in [-0.15, -0.1) is 0 Å². The van der Waals surface area contributed by atoms with Gasteiger partial charge in [-0.3, -0.25) is 5.01 Å². The van der Waals surface area contributed by atoms with Gasteiger partial charge in [0.25, 0.3) is 0 Å². The minimum absolute atomic E-state index is 0.426. The molecule has 1 aliphatic heterocycles. The molecule has 0 fully saturated rings. The molecule has 0 radical (unpaired) electrons. The van der Waals surface area contributed by atoms with E-state index in [1.54, 1.807) is 12.1 Å². The molecule has 0 bridgehead atoms. The van der Waals surface area contributed by atoms with Crippen molar-refractivity contribution in [2.24, 2.45) is 5.10 Å². The van der Waals surface area contributed by atoms with E-state index in [1.165, 1.54) is 19.2 Å². The van der Waals surface area contributed by atoms with E-state index in [2.05, 4.69) is 5.10 Å². The number of likely N-dealkylation sites (N-methyl/N-ethyl adjacent to an activating group) is 1. The van der Waals surface area contributed by atoms with Crippen molar-refractivity contribution in [3.63, 3.8) is 0 Å². The Balaban J connectivity index is 2.34. The normalized spacial score (nSPS) is 19.1. The Morgan fingerprint density at radius 3 is 2.35 bits per heavy atom. The standard InChI is InChI=1S/C13H10F3N3O/c1-19-12(9-4-2-8(7-17)3-5-9)10(20)6-11(18-19)13(14,15)16/h2-6,12,20H,1H3. The Morgan fingerprint density at radius 2 is 1.90 bits per heavy atom. The number of hydrogen-bond donors (Lipinski definition) is 1. The molecule has 1 unspecified atom stereocenters. The maximum absolute atomic E-state index is 12.6. The van der Waals surface area contributed by atoms with Crippen molar-refractivity contribution in [2.75, 3.05) is 7.05 Å². The summed E-state index contributed by atoms with van der Waals surface area (Å²) in [6.45, 7) is 0. The molecular formula is C13H10F3N3O. The number of nitrogens with zero attached hydrogens (tertiary/aromatic N) is 3. The van der Waals surface area contributed by atoms with Gasteiger partial charge in [-0.25, -0.2) is 0 Å². The highest BCUT2D eigenvalue weighted by Gasteiger charge is 2.39. The predicted molar refractivity (Wildman–Crippen MR) is 65.9 cm³/mol. The van der Waals surface area contributed by atoms with Crippen LogP contribution in [0, 0.1) is 11.3 Å². The van der Waals surface area contributed by atoms with Gasteiger partial charge < -0.3 is 5.11 Å². The van der Waals surface area contributed by atoms with Crippen molar-refractivity contribution in [1.29, 1.82) is 5.26 Å². The van der Waals surface area contributed by atoms with Gasteiger partial charge in [0.15, 0.2) is 5.71 Å². The number of benzene rings is 1. The molecule has 1 aromatic rings. The molecule has 1 aliphatic rings. The second-order valence-electron chi connectivity index (χ2n) is 4.26. The smallest absolute Gasteiger partial charge is 0.435 e. The lowest BCUT2D eigenvalue weighted by molar-refractivity contribution is -0.0601. The van der Waals surface area contributed by atoms with Gasteiger partial charge in [0.2, 0.25) is 0 Å². The van der Waals surface area contributed by atoms with Gasteiger partial charge in [0.05, 0.1) is 11.6 Å². The van der Waals surface area contributed by atoms with Gasteiger partial charge in [0, 0.05) is 13.1 Å². The van der Waals surface area contributed by atoms with Crippen molar-refractivity contribution < 1.29 is 18.3 Å². The van der Waals surface area contributed by atoms with Crippen molar-refractivity contribution >= 4 is 5.71 Å². The third-order valence-corrected chi connectivity index (χ3v) is 2.85. The molecule has 0 saturated carbocycles. The van der Waals surface area contributed by atoms with E-state index < -0.39 is 23.7 Å². The Bertz CT molecular complexity index is 611. The van der Waals surface area contributed by atoms with Crippen LogP contribution in [0.4, 0.5) is 13.2 Å². The van der Waals surface area contributed by atoms with E-state index in [9.17, 15) is 18.3 Å². The zero-order valence-electron chi connectivity index (χ0n) is 10.4. The van der Waals surface area contributed by atoms with Gasteiger partial charge >= 0.3 is 6.18 Å². The fourth-order valence-electron chi connectivity index (χ4n) is 1.93. The summed E-state index contributed by atoms with van der Waals surface area (Å²) in [5, 5.41) is 23.0. The highest BCUT2D eigenvalue weighted by molar-refractivity contribution is 6.00. The summed E-state index contributed by atoms with van der Waals surface area (Å²) >= 11 is 0. The number of aliphatic hydroxyl groups excluding tert-OH is 1. The zero-order chi connectivity index (χ0) is 14.9. The fraction of sp³-hybridized carbons (Fsp3) is 0.231. The average molecular weight is 281 g/mol. The summed E-state index contributed by atoms with van der Waals surface area (Å²) in [5.41, 5.74) is -0.178. The summed E-state index contributed by atoms with van der Waals surface area (Å²) in [6, 6.07) is 7.33. The van der Waals surface area contributed by atoms with E-state index in [1.807, 2.05) is 6.07 Å².